The van der Waals surface area contributed by atoms with Gasteiger partial charge in [-0.15, -0.1) is 0 Å². The van der Waals surface area contributed by atoms with Gasteiger partial charge in [0.05, 0.1) is 5.69 Å². The third-order valence-corrected chi connectivity index (χ3v) is 2.52. The van der Waals surface area contributed by atoms with E-state index in [1.807, 2.05) is 31.2 Å². The van der Waals surface area contributed by atoms with Crippen molar-refractivity contribution >= 4 is 5.69 Å². The minimum Gasteiger partial charge on any atom is -0.439 e. The van der Waals surface area contributed by atoms with Gasteiger partial charge in [-0.25, -0.2) is 0 Å². The van der Waals surface area contributed by atoms with E-state index in [1.54, 1.807) is 17.7 Å². The lowest BCUT2D eigenvalue weighted by Gasteiger charge is -2.08. The number of nitrogens with two attached hydrogens (primary N) is 1. The first kappa shape index (κ1) is 11.1. The second kappa shape index (κ2) is 4.22. The fourth-order valence-corrected chi connectivity index (χ4v) is 1.63. The number of anilines is 1. The average molecular weight is 227 g/mol. The quantitative estimate of drug-likeness (QED) is 0.857. The van der Waals surface area contributed by atoms with Crippen molar-refractivity contribution in [3.63, 3.8) is 0 Å². The zero-order valence-electron chi connectivity index (χ0n) is 9.77. The van der Waals surface area contributed by atoms with E-state index in [4.69, 9.17) is 15.7 Å². The predicted octanol–water partition coefficient (Wildman–Crippen LogP) is 2.58. The lowest BCUT2D eigenvalue weighted by molar-refractivity contribution is 0.444. The molecule has 0 saturated carbocycles. The number of aryl methyl sites for hydroxylation is 1. The van der Waals surface area contributed by atoms with Crippen LogP contribution in [0.1, 0.15) is 11.3 Å². The highest BCUT2D eigenvalue weighted by Gasteiger charge is 2.12. The lowest BCUT2D eigenvalue weighted by Crippen LogP contribution is -1.97. The fourth-order valence-electron chi connectivity index (χ4n) is 1.63. The Balaban J connectivity index is 2.37. The number of hydrogen-bond donors (Lipinski definition) is 1. The minimum atomic E-state index is 0.463. The monoisotopic (exact) mass is 227 g/mol. The van der Waals surface area contributed by atoms with Gasteiger partial charge in [-0.2, -0.15) is 5.26 Å². The second-order valence-electron chi connectivity index (χ2n) is 3.88. The molecule has 2 N–H and O–H groups in total. The molecule has 2 rings (SSSR count). The Morgan fingerprint density at radius 1 is 1.35 bits per heavy atom. The van der Waals surface area contributed by atoms with E-state index in [2.05, 4.69) is 6.07 Å². The van der Waals surface area contributed by atoms with Crippen LogP contribution >= 0.6 is 0 Å². The second-order valence-corrected chi connectivity index (χ2v) is 3.88. The summed E-state index contributed by atoms with van der Waals surface area (Å²) in [6, 6.07) is 11.3. The van der Waals surface area contributed by atoms with Crippen LogP contribution in [-0.4, -0.2) is 4.57 Å². The van der Waals surface area contributed by atoms with Crippen molar-refractivity contribution in [2.45, 2.75) is 6.92 Å². The van der Waals surface area contributed by atoms with Gasteiger partial charge < -0.3 is 15.0 Å². The SMILES string of the molecule is Cc1cccc(Oc2c(N)cc(C#N)n2C)c1. The van der Waals surface area contributed by atoms with Crippen molar-refractivity contribution in [3.05, 3.63) is 41.6 Å². The molecule has 0 aliphatic rings. The molecule has 0 amide bonds. The van der Waals surface area contributed by atoms with Gasteiger partial charge in [0.1, 0.15) is 17.5 Å². The van der Waals surface area contributed by atoms with Crippen LogP contribution in [0.3, 0.4) is 0 Å². The first-order valence-corrected chi connectivity index (χ1v) is 5.21. The maximum atomic E-state index is 8.88. The summed E-state index contributed by atoms with van der Waals surface area (Å²) >= 11 is 0. The number of nitrogen functional groups attached to an aromatic ring is 1. The maximum Gasteiger partial charge on any atom is 0.224 e. The number of nitrogens with zero attached hydrogens (tertiary/aromatic N) is 2. The van der Waals surface area contributed by atoms with Gasteiger partial charge in [-0.3, -0.25) is 0 Å². The van der Waals surface area contributed by atoms with Crippen LogP contribution in [0.25, 0.3) is 0 Å². The number of rotatable bonds is 2. The van der Waals surface area contributed by atoms with Crippen LogP contribution in [0.5, 0.6) is 11.6 Å². The lowest BCUT2D eigenvalue weighted by atomic mass is 10.2. The normalized spacial score (nSPS) is 9.94. The number of nitriles is 1. The van der Waals surface area contributed by atoms with Crippen molar-refractivity contribution in [2.75, 3.05) is 5.73 Å². The Morgan fingerprint density at radius 2 is 2.12 bits per heavy atom. The smallest absolute Gasteiger partial charge is 0.224 e. The van der Waals surface area contributed by atoms with E-state index in [9.17, 15) is 0 Å². The number of hydrogen-bond acceptors (Lipinski definition) is 3. The highest BCUT2D eigenvalue weighted by Crippen LogP contribution is 2.30. The first-order chi connectivity index (χ1) is 8.11. The molecule has 0 fully saturated rings. The standard InChI is InChI=1S/C13H13N3O/c1-9-4-3-5-11(6-9)17-13-12(15)7-10(8-14)16(13)2/h3-7H,15H2,1-2H3. The third kappa shape index (κ3) is 2.08. The van der Waals surface area contributed by atoms with Crippen molar-refractivity contribution in [1.29, 1.82) is 5.26 Å². The number of ether oxygens (including phenoxy) is 1. The van der Waals surface area contributed by atoms with Crippen molar-refractivity contribution in [2.24, 2.45) is 7.05 Å². The minimum absolute atomic E-state index is 0.463. The summed E-state index contributed by atoms with van der Waals surface area (Å²) < 4.78 is 7.33. The van der Waals surface area contributed by atoms with Gasteiger partial charge in [-0.1, -0.05) is 12.1 Å². The van der Waals surface area contributed by atoms with E-state index in [1.165, 1.54) is 0 Å². The largest absolute Gasteiger partial charge is 0.439 e. The summed E-state index contributed by atoms with van der Waals surface area (Å²) in [7, 11) is 1.75. The van der Waals surface area contributed by atoms with Gasteiger partial charge in [0, 0.05) is 13.1 Å². The molecule has 1 heterocycles. The summed E-state index contributed by atoms with van der Waals surface area (Å²) in [5.74, 6) is 1.20. The Bertz CT molecular complexity index is 593. The molecule has 86 valence electrons. The number of benzene rings is 1. The maximum absolute atomic E-state index is 8.88. The van der Waals surface area contributed by atoms with E-state index in [0.29, 0.717) is 23.0 Å². The van der Waals surface area contributed by atoms with Crippen LogP contribution in [0, 0.1) is 18.3 Å². The summed E-state index contributed by atoms with van der Waals surface area (Å²) in [6.07, 6.45) is 0. The van der Waals surface area contributed by atoms with Crippen LogP contribution in [0.2, 0.25) is 0 Å². The third-order valence-electron chi connectivity index (χ3n) is 2.52. The Hall–Kier alpha value is -2.41. The molecule has 2 aromatic rings. The molecule has 0 atom stereocenters. The summed E-state index contributed by atoms with van der Waals surface area (Å²) in [5, 5.41) is 8.88. The molecule has 0 unspecified atom stereocenters. The van der Waals surface area contributed by atoms with Crippen molar-refractivity contribution < 1.29 is 4.74 Å². The molecule has 4 nitrogen and oxygen atoms in total. The van der Waals surface area contributed by atoms with Gasteiger partial charge in [0.2, 0.25) is 5.88 Å². The topological polar surface area (TPSA) is 64.0 Å². The van der Waals surface area contributed by atoms with Gasteiger partial charge in [0.25, 0.3) is 0 Å². The predicted molar refractivity (Wildman–Crippen MR) is 65.8 cm³/mol. The Labute approximate surface area is 99.8 Å². The molecule has 4 heteroatoms. The number of aromatic nitrogens is 1. The van der Waals surface area contributed by atoms with Gasteiger partial charge >= 0.3 is 0 Å². The highest BCUT2D eigenvalue weighted by molar-refractivity contribution is 5.56. The van der Waals surface area contributed by atoms with Crippen LogP contribution in [0.4, 0.5) is 5.69 Å². The van der Waals surface area contributed by atoms with Gasteiger partial charge in [-0.05, 0) is 24.6 Å². The summed E-state index contributed by atoms with van der Waals surface area (Å²) in [5.41, 5.74) is 7.85. The van der Waals surface area contributed by atoms with Crippen LogP contribution < -0.4 is 10.5 Å². The average Bonchev–Trinajstić information content (AvgIpc) is 2.56. The zero-order valence-corrected chi connectivity index (χ0v) is 9.77. The summed E-state index contributed by atoms with van der Waals surface area (Å²) in [6.45, 7) is 1.99. The van der Waals surface area contributed by atoms with Crippen LogP contribution in [-0.2, 0) is 7.05 Å². The van der Waals surface area contributed by atoms with E-state index in [-0.39, 0.29) is 0 Å². The van der Waals surface area contributed by atoms with Gasteiger partial charge in [0.15, 0.2) is 0 Å². The zero-order chi connectivity index (χ0) is 12.4. The summed E-state index contributed by atoms with van der Waals surface area (Å²) in [4.78, 5) is 0. The van der Waals surface area contributed by atoms with E-state index >= 15 is 0 Å². The molecular formula is C13H13N3O. The molecule has 0 spiro atoms. The van der Waals surface area contributed by atoms with E-state index in [0.717, 1.165) is 5.56 Å². The fraction of sp³-hybridized carbons (Fsp3) is 0.154. The Kier molecular flexibility index (Phi) is 2.75. The molecule has 17 heavy (non-hydrogen) atoms. The molecule has 0 aliphatic carbocycles. The Morgan fingerprint density at radius 3 is 2.71 bits per heavy atom. The molecule has 0 saturated heterocycles. The first-order valence-electron chi connectivity index (χ1n) is 5.21. The molecule has 0 aliphatic heterocycles. The van der Waals surface area contributed by atoms with Crippen molar-refractivity contribution in [3.8, 4) is 17.7 Å². The van der Waals surface area contributed by atoms with E-state index < -0.39 is 0 Å². The van der Waals surface area contributed by atoms with Crippen molar-refractivity contribution in [1.82, 2.24) is 4.57 Å². The molecular weight excluding hydrogens is 214 g/mol. The highest BCUT2D eigenvalue weighted by atomic mass is 16.5. The van der Waals surface area contributed by atoms with Crippen LogP contribution in [0.15, 0.2) is 30.3 Å². The molecule has 1 aromatic carbocycles. The molecule has 1 aromatic heterocycles. The molecule has 0 bridgehead atoms. The molecule has 0 radical (unpaired) electrons.